The first-order chi connectivity index (χ1) is 6.11. The van der Waals surface area contributed by atoms with E-state index in [9.17, 15) is 5.11 Å². The van der Waals surface area contributed by atoms with E-state index in [0.29, 0.717) is 0 Å². The molecule has 1 saturated heterocycles. The van der Waals surface area contributed by atoms with Crippen molar-refractivity contribution in [1.82, 2.24) is 0 Å². The summed E-state index contributed by atoms with van der Waals surface area (Å²) in [6.45, 7) is -0.278. The summed E-state index contributed by atoms with van der Waals surface area (Å²) in [7, 11) is 1.43. The average Bonchev–Trinajstić information content (AvgIpc) is 2.42. The fourth-order valence-electron chi connectivity index (χ4n) is 1.38. The topological polar surface area (TPSA) is 84.9 Å². The van der Waals surface area contributed by atoms with Gasteiger partial charge < -0.3 is 25.4 Å². The molecule has 4 atom stereocenters. The molecule has 0 spiro atoms. The smallest absolute Gasteiger partial charge is 0.136 e. The highest BCUT2D eigenvalue weighted by Crippen LogP contribution is 2.23. The van der Waals surface area contributed by atoms with Crippen LogP contribution in [-0.4, -0.2) is 53.3 Å². The maximum absolute atomic E-state index is 9.54. The molecule has 0 amide bonds. The molecule has 4 unspecified atom stereocenters. The lowest BCUT2D eigenvalue weighted by atomic mass is 10.1. The van der Waals surface area contributed by atoms with Crippen molar-refractivity contribution in [3.8, 4) is 0 Å². The van der Waals surface area contributed by atoms with E-state index in [-0.39, 0.29) is 11.6 Å². The number of nitrogens with two attached hydrogens (primary N) is 1. The van der Waals surface area contributed by atoms with Crippen molar-refractivity contribution in [2.75, 3.05) is 13.7 Å². The minimum Gasteiger partial charge on any atom is -0.394 e. The van der Waals surface area contributed by atoms with Crippen molar-refractivity contribution < 1.29 is 19.7 Å². The second-order valence-corrected chi connectivity index (χ2v) is 3.34. The van der Waals surface area contributed by atoms with E-state index in [1.54, 1.807) is 0 Å². The van der Waals surface area contributed by atoms with E-state index >= 15 is 0 Å². The number of thiocarbonyl (C=S) groups is 1. The van der Waals surface area contributed by atoms with Gasteiger partial charge in [0.25, 0.3) is 0 Å². The first-order valence-electron chi connectivity index (χ1n) is 3.88. The van der Waals surface area contributed by atoms with Crippen LogP contribution in [-0.2, 0) is 9.47 Å². The Kier molecular flexibility index (Phi) is 3.57. The molecule has 5 nitrogen and oxygen atoms in total. The van der Waals surface area contributed by atoms with Gasteiger partial charge in [-0.1, -0.05) is 12.2 Å². The van der Waals surface area contributed by atoms with E-state index in [4.69, 9.17) is 32.5 Å². The zero-order valence-electron chi connectivity index (χ0n) is 7.21. The van der Waals surface area contributed by atoms with Gasteiger partial charge in [-0.3, -0.25) is 0 Å². The van der Waals surface area contributed by atoms with Crippen LogP contribution in [0.5, 0.6) is 0 Å². The maximum Gasteiger partial charge on any atom is 0.136 e. The molecule has 1 rings (SSSR count). The summed E-state index contributed by atoms with van der Waals surface area (Å²) in [5.74, 6) is 0. The predicted molar refractivity (Wildman–Crippen MR) is 49.3 cm³/mol. The largest absolute Gasteiger partial charge is 0.394 e. The van der Waals surface area contributed by atoms with Gasteiger partial charge in [-0.15, -0.1) is 0 Å². The molecule has 0 bridgehead atoms. The summed E-state index contributed by atoms with van der Waals surface area (Å²) in [5.41, 5.74) is 5.38. The Labute approximate surface area is 81.4 Å². The highest BCUT2D eigenvalue weighted by molar-refractivity contribution is 7.80. The molecule has 1 aliphatic heterocycles. The predicted octanol–water partition coefficient (Wildman–Crippen LogP) is -1.59. The highest BCUT2D eigenvalue weighted by Gasteiger charge is 2.44. The van der Waals surface area contributed by atoms with Crippen LogP contribution in [0, 0.1) is 0 Å². The van der Waals surface area contributed by atoms with E-state index in [1.807, 2.05) is 0 Å². The molecule has 1 heterocycles. The van der Waals surface area contributed by atoms with Gasteiger partial charge in [-0.05, 0) is 0 Å². The minimum atomic E-state index is -0.888. The summed E-state index contributed by atoms with van der Waals surface area (Å²) >= 11 is 4.73. The van der Waals surface area contributed by atoms with Crippen LogP contribution in [0.2, 0.25) is 0 Å². The summed E-state index contributed by atoms with van der Waals surface area (Å²) < 4.78 is 10.2. The number of hydrogen-bond acceptors (Lipinski definition) is 5. The third-order valence-corrected chi connectivity index (χ3v) is 2.30. The Hall–Kier alpha value is -0.270. The standard InChI is InChI=1S/C7H13NO4S/c1-11-5-4(10)3(2-9)12-6(5)7(8)13/h3-6,9-10H,2H2,1H3,(H2,8,13). The number of hydrogen-bond donors (Lipinski definition) is 3. The average molecular weight is 207 g/mol. The molecule has 0 radical (unpaired) electrons. The number of aliphatic hydroxyl groups excluding tert-OH is 2. The van der Waals surface area contributed by atoms with E-state index in [2.05, 4.69) is 0 Å². The van der Waals surface area contributed by atoms with Crippen molar-refractivity contribution in [2.24, 2.45) is 5.73 Å². The number of methoxy groups -OCH3 is 1. The van der Waals surface area contributed by atoms with Gasteiger partial charge in [0.2, 0.25) is 0 Å². The first kappa shape index (κ1) is 10.8. The monoisotopic (exact) mass is 207 g/mol. The molecule has 0 aromatic carbocycles. The van der Waals surface area contributed by atoms with Crippen LogP contribution in [0.4, 0.5) is 0 Å². The normalized spacial score (nSPS) is 39.3. The van der Waals surface area contributed by atoms with Crippen LogP contribution >= 0.6 is 12.2 Å². The third kappa shape index (κ3) is 1.97. The van der Waals surface area contributed by atoms with Gasteiger partial charge in [-0.25, -0.2) is 0 Å². The second kappa shape index (κ2) is 4.30. The molecule has 1 fully saturated rings. The van der Waals surface area contributed by atoms with E-state index < -0.39 is 24.4 Å². The van der Waals surface area contributed by atoms with Gasteiger partial charge in [0.05, 0.1) is 6.61 Å². The molecule has 0 aromatic heterocycles. The Bertz CT molecular complexity index is 201. The summed E-state index contributed by atoms with van der Waals surface area (Å²) in [6, 6.07) is 0. The Morgan fingerprint density at radius 2 is 2.31 bits per heavy atom. The van der Waals surface area contributed by atoms with Gasteiger partial charge in [0.1, 0.15) is 29.4 Å². The fourth-order valence-corrected chi connectivity index (χ4v) is 1.57. The second-order valence-electron chi connectivity index (χ2n) is 2.87. The zero-order chi connectivity index (χ0) is 10.0. The molecule has 13 heavy (non-hydrogen) atoms. The van der Waals surface area contributed by atoms with Crippen LogP contribution < -0.4 is 5.73 Å². The Morgan fingerprint density at radius 1 is 1.69 bits per heavy atom. The van der Waals surface area contributed by atoms with Crippen molar-refractivity contribution in [3.63, 3.8) is 0 Å². The van der Waals surface area contributed by atoms with Crippen molar-refractivity contribution in [2.45, 2.75) is 24.4 Å². The van der Waals surface area contributed by atoms with Crippen LogP contribution in [0.15, 0.2) is 0 Å². The molecule has 0 saturated carbocycles. The zero-order valence-corrected chi connectivity index (χ0v) is 8.03. The van der Waals surface area contributed by atoms with E-state index in [1.165, 1.54) is 7.11 Å². The van der Waals surface area contributed by atoms with E-state index in [0.717, 1.165) is 0 Å². The van der Waals surface area contributed by atoms with Crippen LogP contribution in [0.3, 0.4) is 0 Å². The SMILES string of the molecule is COC1C(C(N)=S)OC(CO)C1O. The highest BCUT2D eigenvalue weighted by atomic mass is 32.1. The molecule has 0 aliphatic carbocycles. The van der Waals surface area contributed by atoms with Gasteiger partial charge in [0, 0.05) is 7.11 Å². The van der Waals surface area contributed by atoms with Crippen molar-refractivity contribution >= 4 is 17.2 Å². The third-order valence-electron chi connectivity index (χ3n) is 2.07. The number of ether oxygens (including phenoxy) is 2. The molecule has 76 valence electrons. The van der Waals surface area contributed by atoms with Crippen molar-refractivity contribution in [1.29, 1.82) is 0 Å². The van der Waals surface area contributed by atoms with Crippen LogP contribution in [0.25, 0.3) is 0 Å². The quantitative estimate of drug-likeness (QED) is 0.484. The summed E-state index contributed by atoms with van der Waals surface area (Å²) in [5, 5.41) is 18.4. The Morgan fingerprint density at radius 3 is 2.62 bits per heavy atom. The maximum atomic E-state index is 9.54. The lowest BCUT2D eigenvalue weighted by Gasteiger charge is -2.16. The van der Waals surface area contributed by atoms with Gasteiger partial charge in [0.15, 0.2) is 0 Å². The minimum absolute atomic E-state index is 0.127. The number of rotatable bonds is 3. The van der Waals surface area contributed by atoms with Gasteiger partial charge >= 0.3 is 0 Å². The number of aliphatic hydroxyl groups is 2. The lowest BCUT2D eigenvalue weighted by molar-refractivity contribution is -0.0147. The molecule has 0 aromatic rings. The van der Waals surface area contributed by atoms with Crippen molar-refractivity contribution in [3.05, 3.63) is 0 Å². The molecule has 4 N–H and O–H groups in total. The Balaban J connectivity index is 2.72. The fraction of sp³-hybridized carbons (Fsp3) is 0.857. The first-order valence-corrected chi connectivity index (χ1v) is 4.29. The van der Waals surface area contributed by atoms with Gasteiger partial charge in [-0.2, -0.15) is 0 Å². The molecule has 1 aliphatic rings. The summed E-state index contributed by atoms with van der Waals surface area (Å²) in [6.07, 6.45) is -2.76. The van der Waals surface area contributed by atoms with Crippen LogP contribution in [0.1, 0.15) is 0 Å². The molecular formula is C7H13NO4S. The summed E-state index contributed by atoms with van der Waals surface area (Å²) in [4.78, 5) is 0.127. The molecular weight excluding hydrogens is 194 g/mol. The molecule has 6 heteroatoms. The lowest BCUT2D eigenvalue weighted by Crippen LogP contribution is -2.40.